The maximum atomic E-state index is 13.0. The highest BCUT2D eigenvalue weighted by Gasteiger charge is 2.31. The Kier molecular flexibility index (Phi) is 5.95. The molecule has 170 valence electrons. The number of amides is 1. The number of carbonyl (C=O) groups is 1. The first kappa shape index (κ1) is 21.7. The molecule has 0 radical (unpaired) electrons. The highest BCUT2D eigenvalue weighted by atomic mass is 35.5. The Morgan fingerprint density at radius 2 is 2.03 bits per heavy atom. The number of carbonyl (C=O) groups excluding carboxylic acids is 1. The van der Waals surface area contributed by atoms with Crippen LogP contribution < -0.4 is 15.1 Å². The SMILES string of the molecule is CCc1nc2ccc(Cl)cn2c1C(=O)NCc1ccc(N(C)C2CN(c3nccs3)C2)cc1. The van der Waals surface area contributed by atoms with Crippen LogP contribution >= 0.6 is 22.9 Å². The zero-order valence-corrected chi connectivity index (χ0v) is 20.1. The smallest absolute Gasteiger partial charge is 0.270 e. The van der Waals surface area contributed by atoms with Crippen molar-refractivity contribution in [3.05, 3.63) is 76.1 Å². The number of hydrogen-bond acceptors (Lipinski definition) is 6. The Balaban J connectivity index is 1.21. The topological polar surface area (TPSA) is 65.8 Å². The maximum Gasteiger partial charge on any atom is 0.270 e. The highest BCUT2D eigenvalue weighted by Crippen LogP contribution is 2.27. The summed E-state index contributed by atoms with van der Waals surface area (Å²) >= 11 is 7.82. The van der Waals surface area contributed by atoms with Gasteiger partial charge in [-0.3, -0.25) is 9.20 Å². The number of imidazole rings is 1. The van der Waals surface area contributed by atoms with Crippen LogP contribution in [0.5, 0.6) is 0 Å². The van der Waals surface area contributed by atoms with Gasteiger partial charge in [0.2, 0.25) is 0 Å². The van der Waals surface area contributed by atoms with E-state index in [0.717, 1.165) is 35.1 Å². The second-order valence-corrected chi connectivity index (χ2v) is 9.48. The fraction of sp³-hybridized carbons (Fsp3) is 0.292. The van der Waals surface area contributed by atoms with E-state index in [4.69, 9.17) is 11.6 Å². The van der Waals surface area contributed by atoms with Crippen LogP contribution in [0.4, 0.5) is 10.8 Å². The number of benzene rings is 1. The summed E-state index contributed by atoms with van der Waals surface area (Å²) in [5.74, 6) is -0.153. The first-order valence-corrected chi connectivity index (χ1v) is 12.2. The molecule has 0 unspecified atom stereocenters. The van der Waals surface area contributed by atoms with Gasteiger partial charge in [-0.15, -0.1) is 11.3 Å². The van der Waals surface area contributed by atoms with Crippen molar-refractivity contribution in [1.82, 2.24) is 19.7 Å². The lowest BCUT2D eigenvalue weighted by Gasteiger charge is -2.44. The number of halogens is 1. The number of anilines is 2. The third kappa shape index (κ3) is 4.28. The second-order valence-electron chi connectivity index (χ2n) is 8.17. The van der Waals surface area contributed by atoms with E-state index < -0.39 is 0 Å². The number of aryl methyl sites for hydroxylation is 1. The molecule has 0 saturated carbocycles. The lowest BCUT2D eigenvalue weighted by molar-refractivity contribution is 0.0944. The Morgan fingerprint density at radius 1 is 1.24 bits per heavy atom. The maximum absolute atomic E-state index is 13.0. The first-order chi connectivity index (χ1) is 16.0. The number of thiazole rings is 1. The van der Waals surface area contributed by atoms with Crippen LogP contribution in [0.25, 0.3) is 5.65 Å². The molecule has 1 amide bonds. The average Bonchev–Trinajstić information content (AvgIpc) is 3.44. The molecule has 0 bridgehead atoms. The summed E-state index contributed by atoms with van der Waals surface area (Å²) in [5.41, 5.74) is 4.24. The van der Waals surface area contributed by atoms with Crippen LogP contribution in [-0.4, -0.2) is 46.5 Å². The molecule has 0 spiro atoms. The van der Waals surface area contributed by atoms with Crippen LogP contribution in [0.1, 0.15) is 28.7 Å². The molecule has 1 saturated heterocycles. The Bertz CT molecular complexity index is 1260. The lowest BCUT2D eigenvalue weighted by Crippen LogP contribution is -2.58. The van der Waals surface area contributed by atoms with Crippen molar-refractivity contribution in [3.8, 4) is 0 Å². The minimum Gasteiger partial charge on any atom is -0.368 e. The van der Waals surface area contributed by atoms with E-state index in [0.29, 0.717) is 29.7 Å². The van der Waals surface area contributed by atoms with Gasteiger partial charge in [0.05, 0.1) is 16.8 Å². The molecular weight excluding hydrogens is 456 g/mol. The van der Waals surface area contributed by atoms with Crippen LogP contribution in [0.15, 0.2) is 54.2 Å². The van der Waals surface area contributed by atoms with Gasteiger partial charge in [0.15, 0.2) is 5.13 Å². The molecule has 1 fully saturated rings. The zero-order chi connectivity index (χ0) is 22.9. The van der Waals surface area contributed by atoms with Crippen LogP contribution in [0, 0.1) is 0 Å². The molecule has 1 aromatic carbocycles. The normalized spacial score (nSPS) is 13.8. The van der Waals surface area contributed by atoms with E-state index in [1.807, 2.05) is 24.6 Å². The van der Waals surface area contributed by atoms with Gasteiger partial charge in [-0.1, -0.05) is 30.7 Å². The zero-order valence-electron chi connectivity index (χ0n) is 18.5. The number of aromatic nitrogens is 3. The Labute approximate surface area is 201 Å². The molecule has 0 aliphatic carbocycles. The summed E-state index contributed by atoms with van der Waals surface area (Å²) in [6, 6.07) is 12.4. The molecule has 33 heavy (non-hydrogen) atoms. The van der Waals surface area contributed by atoms with Gasteiger partial charge in [0.1, 0.15) is 11.3 Å². The third-order valence-corrected chi connectivity index (χ3v) is 7.16. The molecule has 4 heterocycles. The van der Waals surface area contributed by atoms with E-state index in [1.165, 1.54) is 5.69 Å². The van der Waals surface area contributed by atoms with Crippen molar-refractivity contribution >= 4 is 45.3 Å². The number of pyridine rings is 1. The van der Waals surface area contributed by atoms with Crippen molar-refractivity contribution < 1.29 is 4.79 Å². The number of nitrogens with zero attached hydrogens (tertiary/aromatic N) is 5. The summed E-state index contributed by atoms with van der Waals surface area (Å²) in [7, 11) is 2.13. The standard InChI is InChI=1S/C24H25ClN6OS/c1-3-20-22(31-13-17(25)6-9-21(31)28-20)23(32)27-12-16-4-7-18(8-5-16)29(2)19-14-30(15-19)24-26-10-11-33-24/h4-11,13,19H,3,12,14-15H2,1-2H3,(H,27,32). The molecule has 3 aromatic heterocycles. The van der Waals surface area contributed by atoms with E-state index >= 15 is 0 Å². The molecule has 0 atom stereocenters. The number of hydrogen-bond donors (Lipinski definition) is 1. The first-order valence-electron chi connectivity index (χ1n) is 10.9. The largest absolute Gasteiger partial charge is 0.368 e. The molecule has 7 nitrogen and oxygen atoms in total. The quantitative estimate of drug-likeness (QED) is 0.428. The monoisotopic (exact) mass is 480 g/mol. The number of nitrogens with one attached hydrogen (secondary N) is 1. The average molecular weight is 481 g/mol. The predicted octanol–water partition coefficient (Wildman–Crippen LogP) is 4.26. The van der Waals surface area contributed by atoms with Crippen molar-refractivity contribution in [3.63, 3.8) is 0 Å². The molecule has 9 heteroatoms. The Hall–Kier alpha value is -3.10. The predicted molar refractivity (Wildman–Crippen MR) is 134 cm³/mol. The van der Waals surface area contributed by atoms with Gasteiger partial charge < -0.3 is 15.1 Å². The fourth-order valence-electron chi connectivity index (χ4n) is 4.11. The van der Waals surface area contributed by atoms with Gasteiger partial charge in [-0.25, -0.2) is 9.97 Å². The third-order valence-electron chi connectivity index (χ3n) is 6.10. The molecule has 1 N–H and O–H groups in total. The molecule has 5 rings (SSSR count). The summed E-state index contributed by atoms with van der Waals surface area (Å²) in [4.78, 5) is 26.5. The Morgan fingerprint density at radius 3 is 2.73 bits per heavy atom. The van der Waals surface area contributed by atoms with Crippen LogP contribution in [-0.2, 0) is 13.0 Å². The number of likely N-dealkylation sites (N-methyl/N-ethyl adjacent to an activating group) is 1. The molecule has 1 aliphatic heterocycles. The summed E-state index contributed by atoms with van der Waals surface area (Å²) in [6.07, 6.45) is 4.26. The van der Waals surface area contributed by atoms with Crippen molar-refractivity contribution in [1.29, 1.82) is 0 Å². The van der Waals surface area contributed by atoms with Crippen LogP contribution in [0.3, 0.4) is 0 Å². The lowest BCUT2D eigenvalue weighted by atomic mass is 10.1. The van der Waals surface area contributed by atoms with E-state index in [-0.39, 0.29) is 5.91 Å². The van der Waals surface area contributed by atoms with Crippen molar-refractivity contribution in [2.75, 3.05) is 29.9 Å². The summed E-state index contributed by atoms with van der Waals surface area (Å²) < 4.78 is 1.77. The van der Waals surface area contributed by atoms with Gasteiger partial charge in [-0.2, -0.15) is 0 Å². The van der Waals surface area contributed by atoms with E-state index in [1.54, 1.807) is 28.0 Å². The summed E-state index contributed by atoms with van der Waals surface area (Å²) in [6.45, 7) is 4.39. The van der Waals surface area contributed by atoms with Crippen molar-refractivity contribution in [2.24, 2.45) is 0 Å². The molecule has 1 aliphatic rings. The minimum atomic E-state index is -0.153. The molecular formula is C24H25ClN6OS. The van der Waals surface area contributed by atoms with Gasteiger partial charge in [0, 0.05) is 50.1 Å². The van der Waals surface area contributed by atoms with Gasteiger partial charge in [0.25, 0.3) is 5.91 Å². The highest BCUT2D eigenvalue weighted by molar-refractivity contribution is 7.13. The number of rotatable bonds is 7. The van der Waals surface area contributed by atoms with Crippen LogP contribution in [0.2, 0.25) is 5.02 Å². The minimum absolute atomic E-state index is 0.153. The van der Waals surface area contributed by atoms with Crippen molar-refractivity contribution in [2.45, 2.75) is 25.9 Å². The summed E-state index contributed by atoms with van der Waals surface area (Å²) in [5, 5.41) is 6.70. The molecule has 4 aromatic rings. The number of fused-ring (bicyclic) bond motifs is 1. The van der Waals surface area contributed by atoms with Gasteiger partial charge in [-0.05, 0) is 36.2 Å². The van der Waals surface area contributed by atoms with E-state index in [2.05, 4.69) is 56.4 Å². The second kappa shape index (κ2) is 9.03. The van der Waals surface area contributed by atoms with E-state index in [9.17, 15) is 4.79 Å². The van der Waals surface area contributed by atoms with Gasteiger partial charge >= 0.3 is 0 Å². The fourth-order valence-corrected chi connectivity index (χ4v) is 4.93.